The largest absolute Gasteiger partial charge is 0.313 e. The lowest BCUT2D eigenvalue weighted by Gasteiger charge is -2.44. The lowest BCUT2D eigenvalue weighted by molar-refractivity contribution is 0.0656. The molecule has 18 heavy (non-hydrogen) atoms. The van der Waals surface area contributed by atoms with Crippen molar-refractivity contribution in [2.24, 2.45) is 5.41 Å². The van der Waals surface area contributed by atoms with Gasteiger partial charge in [0.05, 0.1) is 0 Å². The topological polar surface area (TPSA) is 15.3 Å². The molecule has 2 heteroatoms. The summed E-state index contributed by atoms with van der Waals surface area (Å²) in [6.07, 6.45) is 14.5. The highest BCUT2D eigenvalue weighted by molar-refractivity contribution is 4.92. The van der Waals surface area contributed by atoms with E-state index in [0.29, 0.717) is 5.41 Å². The third-order valence-corrected chi connectivity index (χ3v) is 5.54. The molecule has 0 aromatic heterocycles. The second kappa shape index (κ2) is 5.50. The van der Waals surface area contributed by atoms with Gasteiger partial charge in [0.15, 0.2) is 0 Å². The molecule has 0 spiro atoms. The SMILES string of the molecule is CN(CC1(CNC2CC2)CCCCC1)C1CCC1. The van der Waals surface area contributed by atoms with E-state index in [9.17, 15) is 0 Å². The Kier molecular flexibility index (Phi) is 3.95. The average molecular weight is 250 g/mol. The highest BCUT2D eigenvalue weighted by Crippen LogP contribution is 2.38. The van der Waals surface area contributed by atoms with Crippen molar-refractivity contribution < 1.29 is 0 Å². The molecule has 0 aromatic carbocycles. The van der Waals surface area contributed by atoms with Gasteiger partial charge in [-0.15, -0.1) is 0 Å². The predicted molar refractivity (Wildman–Crippen MR) is 76.8 cm³/mol. The predicted octanol–water partition coefficient (Wildman–Crippen LogP) is 3.17. The van der Waals surface area contributed by atoms with Crippen LogP contribution in [-0.4, -0.2) is 37.1 Å². The molecule has 3 aliphatic rings. The molecule has 3 fully saturated rings. The van der Waals surface area contributed by atoms with Gasteiger partial charge in [0.25, 0.3) is 0 Å². The van der Waals surface area contributed by atoms with E-state index in [1.165, 1.54) is 77.3 Å². The maximum Gasteiger partial charge on any atom is 0.00924 e. The van der Waals surface area contributed by atoms with Gasteiger partial charge in [-0.3, -0.25) is 0 Å². The van der Waals surface area contributed by atoms with Gasteiger partial charge in [-0.1, -0.05) is 25.7 Å². The second-order valence-corrected chi connectivity index (χ2v) is 7.22. The summed E-state index contributed by atoms with van der Waals surface area (Å²) in [6.45, 7) is 2.63. The van der Waals surface area contributed by atoms with E-state index in [0.717, 1.165) is 12.1 Å². The Hall–Kier alpha value is -0.0800. The van der Waals surface area contributed by atoms with Gasteiger partial charge in [-0.2, -0.15) is 0 Å². The van der Waals surface area contributed by atoms with E-state index in [1.807, 2.05) is 0 Å². The Morgan fingerprint density at radius 2 is 1.72 bits per heavy atom. The van der Waals surface area contributed by atoms with Crippen LogP contribution in [0.5, 0.6) is 0 Å². The molecule has 3 rings (SSSR count). The van der Waals surface area contributed by atoms with Crippen LogP contribution in [0.15, 0.2) is 0 Å². The highest BCUT2D eigenvalue weighted by atomic mass is 15.1. The fraction of sp³-hybridized carbons (Fsp3) is 1.00. The molecule has 0 atom stereocenters. The minimum atomic E-state index is 0.602. The van der Waals surface area contributed by atoms with Crippen molar-refractivity contribution >= 4 is 0 Å². The molecule has 3 aliphatic carbocycles. The van der Waals surface area contributed by atoms with Gasteiger partial charge in [-0.05, 0) is 51.0 Å². The van der Waals surface area contributed by atoms with E-state index in [-0.39, 0.29) is 0 Å². The summed E-state index contributed by atoms with van der Waals surface area (Å²) >= 11 is 0. The third kappa shape index (κ3) is 3.08. The standard InChI is InChI=1S/C16H30N2/c1-18(15-6-5-7-15)13-16(10-3-2-4-11-16)12-17-14-8-9-14/h14-15,17H,2-13H2,1H3. The first-order chi connectivity index (χ1) is 8.77. The summed E-state index contributed by atoms with van der Waals surface area (Å²) in [5.41, 5.74) is 0.602. The zero-order valence-corrected chi connectivity index (χ0v) is 12.1. The fourth-order valence-corrected chi connectivity index (χ4v) is 3.83. The molecular weight excluding hydrogens is 220 g/mol. The maximum absolute atomic E-state index is 3.82. The van der Waals surface area contributed by atoms with E-state index in [2.05, 4.69) is 17.3 Å². The number of hydrogen-bond acceptors (Lipinski definition) is 2. The van der Waals surface area contributed by atoms with Gasteiger partial charge in [0.1, 0.15) is 0 Å². The number of nitrogens with zero attached hydrogens (tertiary/aromatic N) is 1. The monoisotopic (exact) mass is 250 g/mol. The van der Waals surface area contributed by atoms with Gasteiger partial charge >= 0.3 is 0 Å². The summed E-state index contributed by atoms with van der Waals surface area (Å²) in [6, 6.07) is 1.78. The van der Waals surface area contributed by atoms with E-state index < -0.39 is 0 Å². The molecule has 0 unspecified atom stereocenters. The molecule has 0 aromatic rings. The van der Waals surface area contributed by atoms with Crippen LogP contribution in [0.4, 0.5) is 0 Å². The van der Waals surface area contributed by atoms with Gasteiger partial charge in [0.2, 0.25) is 0 Å². The third-order valence-electron chi connectivity index (χ3n) is 5.54. The fourth-order valence-electron chi connectivity index (χ4n) is 3.83. The zero-order valence-electron chi connectivity index (χ0n) is 12.1. The lowest BCUT2D eigenvalue weighted by atomic mass is 9.73. The van der Waals surface area contributed by atoms with E-state index in [1.54, 1.807) is 0 Å². The molecule has 0 aliphatic heterocycles. The van der Waals surface area contributed by atoms with Crippen molar-refractivity contribution in [2.45, 2.75) is 76.3 Å². The normalized spacial score (nSPS) is 28.3. The maximum atomic E-state index is 3.82. The molecule has 0 amide bonds. The molecule has 104 valence electrons. The summed E-state index contributed by atoms with van der Waals surface area (Å²) < 4.78 is 0. The van der Waals surface area contributed by atoms with Crippen LogP contribution in [0.2, 0.25) is 0 Å². The molecule has 1 N–H and O–H groups in total. The first-order valence-electron chi connectivity index (χ1n) is 8.21. The van der Waals surface area contributed by atoms with Crippen LogP contribution in [0, 0.1) is 5.41 Å². The molecule has 0 heterocycles. The van der Waals surface area contributed by atoms with Crippen molar-refractivity contribution in [3.05, 3.63) is 0 Å². The van der Waals surface area contributed by atoms with Crippen molar-refractivity contribution in [3.8, 4) is 0 Å². The van der Waals surface area contributed by atoms with Crippen LogP contribution in [0.3, 0.4) is 0 Å². The number of hydrogen-bond donors (Lipinski definition) is 1. The van der Waals surface area contributed by atoms with Crippen molar-refractivity contribution in [3.63, 3.8) is 0 Å². The molecule has 0 bridgehead atoms. The Morgan fingerprint density at radius 1 is 1.00 bits per heavy atom. The molecule has 0 radical (unpaired) electrons. The number of rotatable bonds is 6. The lowest BCUT2D eigenvalue weighted by Crippen LogP contribution is -2.49. The van der Waals surface area contributed by atoms with E-state index in [4.69, 9.17) is 0 Å². The van der Waals surface area contributed by atoms with Crippen LogP contribution in [0.25, 0.3) is 0 Å². The smallest absolute Gasteiger partial charge is 0.00924 e. The highest BCUT2D eigenvalue weighted by Gasteiger charge is 2.36. The Labute approximate surface area is 113 Å². The minimum Gasteiger partial charge on any atom is -0.313 e. The summed E-state index contributed by atoms with van der Waals surface area (Å²) in [4.78, 5) is 2.68. The Balaban J connectivity index is 1.55. The summed E-state index contributed by atoms with van der Waals surface area (Å²) in [7, 11) is 2.37. The molecular formula is C16H30N2. The van der Waals surface area contributed by atoms with Gasteiger partial charge in [-0.25, -0.2) is 0 Å². The van der Waals surface area contributed by atoms with Crippen molar-refractivity contribution in [1.29, 1.82) is 0 Å². The average Bonchev–Trinajstić information content (AvgIpc) is 3.09. The quantitative estimate of drug-likeness (QED) is 0.779. The van der Waals surface area contributed by atoms with Gasteiger partial charge in [0, 0.05) is 25.2 Å². The minimum absolute atomic E-state index is 0.602. The molecule has 2 nitrogen and oxygen atoms in total. The van der Waals surface area contributed by atoms with Crippen molar-refractivity contribution in [2.75, 3.05) is 20.1 Å². The Morgan fingerprint density at radius 3 is 2.28 bits per heavy atom. The Bertz CT molecular complexity index is 262. The van der Waals surface area contributed by atoms with Crippen LogP contribution in [0.1, 0.15) is 64.2 Å². The van der Waals surface area contributed by atoms with Crippen LogP contribution < -0.4 is 5.32 Å². The molecule has 0 saturated heterocycles. The second-order valence-electron chi connectivity index (χ2n) is 7.22. The number of nitrogens with one attached hydrogen (secondary N) is 1. The zero-order chi connectivity index (χ0) is 12.4. The van der Waals surface area contributed by atoms with Crippen LogP contribution in [-0.2, 0) is 0 Å². The molecule has 3 saturated carbocycles. The van der Waals surface area contributed by atoms with Gasteiger partial charge < -0.3 is 10.2 Å². The first kappa shape index (κ1) is 12.9. The first-order valence-corrected chi connectivity index (χ1v) is 8.21. The summed E-state index contributed by atoms with van der Waals surface area (Å²) in [5, 5.41) is 3.82. The summed E-state index contributed by atoms with van der Waals surface area (Å²) in [5.74, 6) is 0. The van der Waals surface area contributed by atoms with Crippen LogP contribution >= 0.6 is 0 Å². The van der Waals surface area contributed by atoms with E-state index >= 15 is 0 Å². The van der Waals surface area contributed by atoms with Crippen molar-refractivity contribution in [1.82, 2.24) is 10.2 Å².